The maximum atomic E-state index is 10.4. The zero-order chi connectivity index (χ0) is 15.2. The highest BCUT2D eigenvalue weighted by Gasteiger charge is 2.21. The Morgan fingerprint density at radius 2 is 1.71 bits per heavy atom. The number of phenolic OH excluding ortho intramolecular Hbond substituents is 1. The Kier molecular flexibility index (Phi) is 5.61. The number of benzene rings is 2. The van der Waals surface area contributed by atoms with Gasteiger partial charge in [0.25, 0.3) is 0 Å². The van der Waals surface area contributed by atoms with Crippen LogP contribution in [0.1, 0.15) is 17.4 Å². The van der Waals surface area contributed by atoms with Crippen molar-refractivity contribution >= 4 is 15.9 Å². The summed E-state index contributed by atoms with van der Waals surface area (Å²) in [5.41, 5.74) is 1.53. The zero-order valence-electron chi connectivity index (χ0n) is 11.9. The van der Waals surface area contributed by atoms with Gasteiger partial charge in [-0.25, -0.2) is 0 Å². The van der Waals surface area contributed by atoms with Crippen molar-refractivity contribution in [3.05, 3.63) is 58.1 Å². The summed E-state index contributed by atoms with van der Waals surface area (Å²) in [6.07, 6.45) is -0.667. The largest absolute Gasteiger partial charge is 0.504 e. The van der Waals surface area contributed by atoms with E-state index in [9.17, 15) is 5.11 Å². The lowest BCUT2D eigenvalue weighted by Crippen LogP contribution is -2.06. The van der Waals surface area contributed by atoms with Crippen LogP contribution in [0.5, 0.6) is 11.5 Å². The van der Waals surface area contributed by atoms with Crippen molar-refractivity contribution in [2.75, 3.05) is 14.2 Å². The molecule has 2 aromatic carbocycles. The SMILES string of the molecule is COC(OC)c1c(Br)ccc(OCc2ccccc2)c1O. The van der Waals surface area contributed by atoms with E-state index in [-0.39, 0.29) is 5.75 Å². The second-order valence-electron chi connectivity index (χ2n) is 4.39. The summed E-state index contributed by atoms with van der Waals surface area (Å²) in [5.74, 6) is 0.394. The Morgan fingerprint density at radius 3 is 2.33 bits per heavy atom. The molecule has 2 aromatic rings. The molecular weight excluding hydrogens is 336 g/mol. The van der Waals surface area contributed by atoms with Crippen LogP contribution >= 0.6 is 15.9 Å². The predicted molar refractivity (Wildman–Crippen MR) is 83.3 cm³/mol. The molecule has 5 heteroatoms. The number of phenols is 1. The molecule has 112 valence electrons. The summed E-state index contributed by atoms with van der Waals surface area (Å²) >= 11 is 3.38. The molecule has 0 saturated heterocycles. The quantitative estimate of drug-likeness (QED) is 0.797. The van der Waals surface area contributed by atoms with Crippen molar-refractivity contribution in [1.29, 1.82) is 0 Å². The third kappa shape index (κ3) is 3.75. The summed E-state index contributed by atoms with van der Waals surface area (Å²) in [6.45, 7) is 0.375. The van der Waals surface area contributed by atoms with Crippen LogP contribution in [0.15, 0.2) is 46.9 Å². The minimum absolute atomic E-state index is 0.00834. The fourth-order valence-corrected chi connectivity index (χ4v) is 2.48. The molecule has 0 aromatic heterocycles. The first kappa shape index (κ1) is 15.8. The van der Waals surface area contributed by atoms with Crippen LogP contribution < -0.4 is 4.74 Å². The third-order valence-electron chi connectivity index (χ3n) is 3.03. The Hall–Kier alpha value is -1.56. The van der Waals surface area contributed by atoms with Crippen LogP contribution in [0, 0.1) is 0 Å². The lowest BCUT2D eigenvalue weighted by molar-refractivity contribution is -0.107. The summed E-state index contributed by atoms with van der Waals surface area (Å²) in [6, 6.07) is 13.2. The number of hydrogen-bond acceptors (Lipinski definition) is 4. The fraction of sp³-hybridized carbons (Fsp3) is 0.250. The average Bonchev–Trinajstić information content (AvgIpc) is 2.51. The van der Waals surface area contributed by atoms with E-state index in [1.165, 1.54) is 14.2 Å². The van der Waals surface area contributed by atoms with E-state index in [1.54, 1.807) is 12.1 Å². The van der Waals surface area contributed by atoms with E-state index in [4.69, 9.17) is 14.2 Å². The topological polar surface area (TPSA) is 47.9 Å². The van der Waals surface area contributed by atoms with Crippen molar-refractivity contribution in [2.24, 2.45) is 0 Å². The van der Waals surface area contributed by atoms with Gasteiger partial charge in [0.2, 0.25) is 0 Å². The molecule has 0 atom stereocenters. The third-order valence-corrected chi connectivity index (χ3v) is 3.72. The van der Waals surface area contributed by atoms with Crippen LogP contribution in [0.4, 0.5) is 0 Å². The van der Waals surface area contributed by atoms with E-state index in [2.05, 4.69) is 15.9 Å². The van der Waals surface area contributed by atoms with Gasteiger partial charge in [-0.15, -0.1) is 0 Å². The number of aromatic hydroxyl groups is 1. The second-order valence-corrected chi connectivity index (χ2v) is 5.24. The highest BCUT2D eigenvalue weighted by molar-refractivity contribution is 9.10. The highest BCUT2D eigenvalue weighted by Crippen LogP contribution is 2.40. The molecule has 0 aliphatic rings. The molecule has 0 amide bonds. The molecule has 0 heterocycles. The van der Waals surface area contributed by atoms with Gasteiger partial charge in [-0.2, -0.15) is 0 Å². The number of ether oxygens (including phenoxy) is 3. The van der Waals surface area contributed by atoms with E-state index in [0.29, 0.717) is 22.4 Å². The molecule has 21 heavy (non-hydrogen) atoms. The van der Waals surface area contributed by atoms with Crippen LogP contribution in [0.2, 0.25) is 0 Å². The first-order valence-corrected chi connectivity index (χ1v) is 7.20. The molecule has 2 rings (SSSR count). The van der Waals surface area contributed by atoms with Crippen LogP contribution in [0.25, 0.3) is 0 Å². The normalized spacial score (nSPS) is 10.9. The van der Waals surface area contributed by atoms with Gasteiger partial charge in [0.05, 0.1) is 5.56 Å². The maximum Gasteiger partial charge on any atom is 0.187 e. The zero-order valence-corrected chi connectivity index (χ0v) is 13.5. The Balaban J connectivity index is 2.23. The summed E-state index contributed by atoms with van der Waals surface area (Å²) in [7, 11) is 3.02. The number of halogens is 1. The van der Waals surface area contributed by atoms with Gasteiger partial charge in [0.15, 0.2) is 17.8 Å². The summed E-state index contributed by atoms with van der Waals surface area (Å²) in [4.78, 5) is 0. The Labute approximate surface area is 132 Å². The molecule has 0 spiro atoms. The molecule has 4 nitrogen and oxygen atoms in total. The van der Waals surface area contributed by atoms with E-state index in [1.807, 2.05) is 30.3 Å². The predicted octanol–water partition coefficient (Wildman–Crippen LogP) is 4.03. The first-order chi connectivity index (χ1) is 10.2. The van der Waals surface area contributed by atoms with E-state index < -0.39 is 6.29 Å². The molecule has 0 unspecified atom stereocenters. The highest BCUT2D eigenvalue weighted by atomic mass is 79.9. The molecule has 0 bridgehead atoms. The van der Waals surface area contributed by atoms with Crippen LogP contribution in [0.3, 0.4) is 0 Å². The van der Waals surface area contributed by atoms with E-state index in [0.717, 1.165) is 5.56 Å². The standard InChI is InChI=1S/C16H17BrO4/c1-19-16(20-2)14-12(17)8-9-13(15(14)18)21-10-11-6-4-3-5-7-11/h3-9,16,18H,10H2,1-2H3. The van der Waals surface area contributed by atoms with Crippen LogP contribution in [-0.4, -0.2) is 19.3 Å². The van der Waals surface area contributed by atoms with E-state index >= 15 is 0 Å². The molecule has 0 saturated carbocycles. The average molecular weight is 353 g/mol. The number of methoxy groups -OCH3 is 2. The van der Waals surface area contributed by atoms with Gasteiger partial charge in [-0.1, -0.05) is 46.3 Å². The van der Waals surface area contributed by atoms with Crippen molar-refractivity contribution in [2.45, 2.75) is 12.9 Å². The molecule has 0 aliphatic carbocycles. The minimum atomic E-state index is -0.667. The Bertz CT molecular complexity index is 582. The number of hydrogen-bond donors (Lipinski definition) is 1. The van der Waals surface area contributed by atoms with Crippen molar-refractivity contribution in [3.63, 3.8) is 0 Å². The minimum Gasteiger partial charge on any atom is -0.504 e. The van der Waals surface area contributed by atoms with Crippen molar-refractivity contribution in [1.82, 2.24) is 0 Å². The monoisotopic (exact) mass is 352 g/mol. The molecule has 0 aliphatic heterocycles. The van der Waals surface area contributed by atoms with Gasteiger partial charge >= 0.3 is 0 Å². The molecule has 0 fully saturated rings. The lowest BCUT2D eigenvalue weighted by atomic mass is 10.1. The fourth-order valence-electron chi connectivity index (χ4n) is 1.97. The van der Waals surface area contributed by atoms with Gasteiger partial charge in [-0.3, -0.25) is 0 Å². The van der Waals surface area contributed by atoms with Crippen molar-refractivity contribution < 1.29 is 19.3 Å². The molecule has 1 N–H and O–H groups in total. The van der Waals surface area contributed by atoms with Gasteiger partial charge < -0.3 is 19.3 Å². The molecule has 0 radical (unpaired) electrons. The lowest BCUT2D eigenvalue weighted by Gasteiger charge is -2.19. The maximum absolute atomic E-state index is 10.4. The molecular formula is C16H17BrO4. The van der Waals surface area contributed by atoms with Gasteiger partial charge in [0, 0.05) is 18.7 Å². The Morgan fingerprint density at radius 1 is 1.05 bits per heavy atom. The second kappa shape index (κ2) is 7.45. The van der Waals surface area contributed by atoms with Crippen molar-refractivity contribution in [3.8, 4) is 11.5 Å². The summed E-state index contributed by atoms with van der Waals surface area (Å²) < 4.78 is 16.8. The number of rotatable bonds is 6. The van der Waals surface area contributed by atoms with Gasteiger partial charge in [-0.05, 0) is 17.7 Å². The first-order valence-electron chi connectivity index (χ1n) is 6.41. The van der Waals surface area contributed by atoms with Crippen LogP contribution in [-0.2, 0) is 16.1 Å². The smallest absolute Gasteiger partial charge is 0.187 e. The summed E-state index contributed by atoms with van der Waals surface area (Å²) in [5, 5.41) is 10.4. The van der Waals surface area contributed by atoms with Gasteiger partial charge in [0.1, 0.15) is 6.61 Å².